The van der Waals surface area contributed by atoms with Gasteiger partial charge in [-0.3, -0.25) is 0 Å². The number of carbonyl (C=O) groups is 1. The first-order valence-electron chi connectivity index (χ1n) is 4.82. The van der Waals surface area contributed by atoms with Crippen molar-refractivity contribution in [2.24, 2.45) is 11.8 Å². The van der Waals surface area contributed by atoms with Crippen molar-refractivity contribution in [2.75, 3.05) is 0 Å². The fourth-order valence-corrected chi connectivity index (χ4v) is 1.73. The van der Waals surface area contributed by atoms with Crippen molar-refractivity contribution in [3.05, 3.63) is 0 Å². The summed E-state index contributed by atoms with van der Waals surface area (Å²) in [5.41, 5.74) is 0. The van der Waals surface area contributed by atoms with Gasteiger partial charge in [-0.05, 0) is 18.3 Å². The van der Waals surface area contributed by atoms with Crippen molar-refractivity contribution in [3.8, 4) is 0 Å². The number of unbranched alkanes of at least 4 members (excludes halogenated alkanes) is 2. The van der Waals surface area contributed by atoms with Crippen molar-refractivity contribution in [3.63, 3.8) is 0 Å². The molecular weight excluding hydrogens is 136 g/mol. The van der Waals surface area contributed by atoms with E-state index < -0.39 is 0 Å². The Labute approximate surface area is 69.2 Å². The van der Waals surface area contributed by atoms with Gasteiger partial charge in [0.15, 0.2) is 0 Å². The Bertz CT molecular complexity index is 120. The highest BCUT2D eigenvalue weighted by atomic mass is 16.1. The lowest BCUT2D eigenvalue weighted by Gasteiger charge is -1.95. The monoisotopic (exact) mass is 154 g/mol. The van der Waals surface area contributed by atoms with Crippen molar-refractivity contribution in [2.45, 2.75) is 45.4 Å². The number of carbonyl (C=O) groups excluding carboxylic acids is 1. The van der Waals surface area contributed by atoms with Gasteiger partial charge in [-0.25, -0.2) is 0 Å². The molecule has 1 fully saturated rings. The van der Waals surface area contributed by atoms with E-state index in [0.29, 0.717) is 0 Å². The lowest BCUT2D eigenvalue weighted by atomic mass is 10.1. The molecule has 0 aromatic carbocycles. The maximum absolute atomic E-state index is 10.1. The third-order valence-corrected chi connectivity index (χ3v) is 2.65. The summed E-state index contributed by atoms with van der Waals surface area (Å²) in [6.07, 6.45) is 8.63. The van der Waals surface area contributed by atoms with Gasteiger partial charge in [0.2, 0.25) is 0 Å². The molecule has 0 N–H and O–H groups in total. The zero-order valence-corrected chi connectivity index (χ0v) is 7.38. The average Bonchev–Trinajstić information content (AvgIpc) is 2.70. The molecule has 0 unspecified atom stereocenters. The van der Waals surface area contributed by atoms with Gasteiger partial charge < -0.3 is 4.79 Å². The highest BCUT2D eigenvalue weighted by Crippen LogP contribution is 2.44. The van der Waals surface area contributed by atoms with Gasteiger partial charge in [0.05, 0.1) is 0 Å². The third-order valence-electron chi connectivity index (χ3n) is 2.65. The molecule has 1 nitrogen and oxygen atoms in total. The number of hydrogen-bond donors (Lipinski definition) is 0. The second-order valence-corrected chi connectivity index (χ2v) is 3.65. The molecule has 0 aromatic rings. The van der Waals surface area contributed by atoms with Crippen LogP contribution in [0, 0.1) is 11.8 Å². The standard InChI is InChI=1S/C10H18O/c1-2-3-4-5-9-8-10(9)6-7-11/h7,9-10H,2-6,8H2,1H3/t9-,10-/m1/s1. The molecule has 1 heteroatoms. The van der Waals surface area contributed by atoms with Crippen LogP contribution in [0.4, 0.5) is 0 Å². The van der Waals surface area contributed by atoms with Gasteiger partial charge in [-0.2, -0.15) is 0 Å². The minimum atomic E-state index is 0.768. The molecule has 64 valence electrons. The summed E-state index contributed by atoms with van der Waals surface area (Å²) in [5, 5.41) is 0. The maximum Gasteiger partial charge on any atom is 0.120 e. The summed E-state index contributed by atoms with van der Waals surface area (Å²) in [7, 11) is 0. The number of rotatable bonds is 6. The third kappa shape index (κ3) is 3.04. The van der Waals surface area contributed by atoms with Gasteiger partial charge in [0.1, 0.15) is 6.29 Å². The molecule has 2 atom stereocenters. The van der Waals surface area contributed by atoms with Crippen molar-refractivity contribution >= 4 is 6.29 Å². The van der Waals surface area contributed by atoms with E-state index in [0.717, 1.165) is 24.5 Å². The minimum Gasteiger partial charge on any atom is -0.303 e. The molecule has 1 saturated carbocycles. The molecule has 1 rings (SSSR count). The van der Waals surface area contributed by atoms with Crippen LogP contribution in [0.3, 0.4) is 0 Å². The van der Waals surface area contributed by atoms with E-state index in [1.54, 1.807) is 0 Å². The van der Waals surface area contributed by atoms with E-state index >= 15 is 0 Å². The van der Waals surface area contributed by atoms with Gasteiger partial charge in [-0.1, -0.05) is 32.6 Å². The molecule has 1 aliphatic carbocycles. The molecule has 0 radical (unpaired) electrons. The molecule has 1 aliphatic rings. The Balaban J connectivity index is 1.91. The zero-order valence-electron chi connectivity index (χ0n) is 7.38. The predicted octanol–water partition coefficient (Wildman–Crippen LogP) is 2.79. The predicted molar refractivity (Wildman–Crippen MR) is 46.4 cm³/mol. The Morgan fingerprint density at radius 3 is 2.82 bits per heavy atom. The Hall–Kier alpha value is -0.330. The number of aldehydes is 1. The number of hydrogen-bond acceptors (Lipinski definition) is 1. The first kappa shape index (κ1) is 8.76. The van der Waals surface area contributed by atoms with Crippen LogP contribution in [0.25, 0.3) is 0 Å². The Morgan fingerprint density at radius 1 is 1.36 bits per heavy atom. The SMILES string of the molecule is CCCCC[C@@H]1C[C@H]1CC=O. The molecule has 0 aliphatic heterocycles. The van der Waals surface area contributed by atoms with Gasteiger partial charge in [-0.15, -0.1) is 0 Å². The van der Waals surface area contributed by atoms with E-state index in [2.05, 4.69) is 6.92 Å². The summed E-state index contributed by atoms with van der Waals surface area (Å²) in [4.78, 5) is 10.1. The maximum atomic E-state index is 10.1. The minimum absolute atomic E-state index is 0.768. The molecule has 0 heterocycles. The molecule has 0 aromatic heterocycles. The van der Waals surface area contributed by atoms with E-state index in [1.807, 2.05) is 0 Å². The summed E-state index contributed by atoms with van der Waals surface area (Å²) < 4.78 is 0. The van der Waals surface area contributed by atoms with E-state index in [4.69, 9.17) is 0 Å². The lowest BCUT2D eigenvalue weighted by Crippen LogP contribution is -1.84. The summed E-state index contributed by atoms with van der Waals surface area (Å²) in [5.74, 6) is 1.68. The van der Waals surface area contributed by atoms with Crippen LogP contribution in [0.5, 0.6) is 0 Å². The second kappa shape index (κ2) is 4.53. The van der Waals surface area contributed by atoms with Crippen molar-refractivity contribution < 1.29 is 4.79 Å². The van der Waals surface area contributed by atoms with Gasteiger partial charge in [0, 0.05) is 6.42 Å². The Kier molecular flexibility index (Phi) is 3.61. The fourth-order valence-electron chi connectivity index (χ4n) is 1.73. The van der Waals surface area contributed by atoms with Crippen LogP contribution in [0.1, 0.15) is 45.4 Å². The van der Waals surface area contributed by atoms with Crippen LogP contribution >= 0.6 is 0 Å². The molecule has 0 bridgehead atoms. The molecular formula is C10H18O. The second-order valence-electron chi connectivity index (χ2n) is 3.65. The summed E-state index contributed by atoms with van der Waals surface area (Å²) in [6, 6.07) is 0. The van der Waals surface area contributed by atoms with Gasteiger partial charge >= 0.3 is 0 Å². The highest BCUT2D eigenvalue weighted by Gasteiger charge is 2.35. The molecule has 0 saturated heterocycles. The first-order chi connectivity index (χ1) is 5.38. The normalized spacial score (nSPS) is 28.5. The smallest absolute Gasteiger partial charge is 0.120 e. The largest absolute Gasteiger partial charge is 0.303 e. The summed E-state index contributed by atoms with van der Waals surface area (Å²) >= 11 is 0. The van der Waals surface area contributed by atoms with Crippen LogP contribution in [-0.4, -0.2) is 6.29 Å². The first-order valence-corrected chi connectivity index (χ1v) is 4.82. The molecule has 0 amide bonds. The van der Waals surface area contributed by atoms with Crippen LogP contribution in [-0.2, 0) is 4.79 Å². The van der Waals surface area contributed by atoms with Crippen LogP contribution < -0.4 is 0 Å². The van der Waals surface area contributed by atoms with E-state index in [1.165, 1.54) is 32.1 Å². The lowest BCUT2D eigenvalue weighted by molar-refractivity contribution is -0.108. The van der Waals surface area contributed by atoms with Crippen LogP contribution in [0.15, 0.2) is 0 Å². The van der Waals surface area contributed by atoms with Crippen molar-refractivity contribution in [1.82, 2.24) is 0 Å². The van der Waals surface area contributed by atoms with Crippen molar-refractivity contribution in [1.29, 1.82) is 0 Å². The topological polar surface area (TPSA) is 17.1 Å². The van der Waals surface area contributed by atoms with Gasteiger partial charge in [0.25, 0.3) is 0 Å². The van der Waals surface area contributed by atoms with E-state index in [9.17, 15) is 4.79 Å². The average molecular weight is 154 g/mol. The quantitative estimate of drug-likeness (QED) is 0.424. The van der Waals surface area contributed by atoms with Crippen LogP contribution in [0.2, 0.25) is 0 Å². The fraction of sp³-hybridized carbons (Fsp3) is 0.900. The molecule has 11 heavy (non-hydrogen) atoms. The highest BCUT2D eigenvalue weighted by molar-refractivity contribution is 5.50. The molecule has 0 spiro atoms. The Morgan fingerprint density at radius 2 is 2.18 bits per heavy atom. The van der Waals surface area contributed by atoms with E-state index in [-0.39, 0.29) is 0 Å². The summed E-state index contributed by atoms with van der Waals surface area (Å²) in [6.45, 7) is 2.23. The zero-order chi connectivity index (χ0) is 8.10.